The van der Waals surface area contributed by atoms with E-state index in [1.165, 1.54) is 25.9 Å². The number of halogens is 1. The van der Waals surface area contributed by atoms with Gasteiger partial charge < -0.3 is 0 Å². The predicted molar refractivity (Wildman–Crippen MR) is 76.0 cm³/mol. The molecule has 1 aromatic rings. The maximum absolute atomic E-state index is 8.85. The molecule has 2 heterocycles. The van der Waals surface area contributed by atoms with E-state index in [1.807, 2.05) is 12.1 Å². The van der Waals surface area contributed by atoms with Crippen molar-refractivity contribution in [2.45, 2.75) is 25.4 Å². The van der Waals surface area contributed by atoms with Gasteiger partial charge in [0, 0.05) is 37.2 Å². The summed E-state index contributed by atoms with van der Waals surface area (Å²) in [7, 11) is 0. The molecule has 100 valence electrons. The second-order valence-electron chi connectivity index (χ2n) is 5.49. The van der Waals surface area contributed by atoms with E-state index in [-0.39, 0.29) is 0 Å². The first kappa shape index (κ1) is 12.9. The summed E-state index contributed by atoms with van der Waals surface area (Å²) in [5.74, 6) is 0. The third-order valence-electron chi connectivity index (χ3n) is 4.25. The minimum atomic E-state index is 0.634. The van der Waals surface area contributed by atoms with Crippen molar-refractivity contribution in [3.05, 3.63) is 34.3 Å². The molecule has 4 heteroatoms. The zero-order valence-corrected chi connectivity index (χ0v) is 11.7. The Hall–Kier alpha value is -1.08. The van der Waals surface area contributed by atoms with E-state index in [9.17, 15) is 0 Å². The van der Waals surface area contributed by atoms with E-state index in [1.54, 1.807) is 6.07 Å². The Morgan fingerprint density at radius 1 is 1.32 bits per heavy atom. The molecule has 2 saturated heterocycles. The van der Waals surface area contributed by atoms with Gasteiger partial charge in [-0.3, -0.25) is 9.80 Å². The zero-order chi connectivity index (χ0) is 13.2. The third-order valence-corrected chi connectivity index (χ3v) is 4.60. The highest BCUT2D eigenvalue weighted by Gasteiger charge is 2.30. The van der Waals surface area contributed by atoms with Gasteiger partial charge >= 0.3 is 0 Å². The van der Waals surface area contributed by atoms with E-state index in [2.05, 4.69) is 15.9 Å². The number of benzene rings is 1. The summed E-state index contributed by atoms with van der Waals surface area (Å²) in [5, 5.41) is 9.57. The highest BCUT2D eigenvalue weighted by molar-refractivity contribution is 6.31. The van der Waals surface area contributed by atoms with Gasteiger partial charge in [0.2, 0.25) is 0 Å². The van der Waals surface area contributed by atoms with Crippen molar-refractivity contribution in [1.82, 2.24) is 9.80 Å². The van der Waals surface area contributed by atoms with Crippen LogP contribution in [0.4, 0.5) is 0 Å². The van der Waals surface area contributed by atoms with Crippen LogP contribution in [0.1, 0.15) is 24.0 Å². The van der Waals surface area contributed by atoms with E-state index in [0.29, 0.717) is 10.6 Å². The number of hydrogen-bond donors (Lipinski definition) is 0. The maximum atomic E-state index is 8.85. The SMILES string of the molecule is N#Cc1ccc(CN2CCN3CCCC3C2)c(Cl)c1. The Kier molecular flexibility index (Phi) is 3.74. The smallest absolute Gasteiger partial charge is 0.0992 e. The fourth-order valence-electron chi connectivity index (χ4n) is 3.19. The molecule has 0 spiro atoms. The van der Waals surface area contributed by atoms with Gasteiger partial charge in [-0.1, -0.05) is 17.7 Å². The lowest BCUT2D eigenvalue weighted by Crippen LogP contribution is -2.49. The quantitative estimate of drug-likeness (QED) is 0.831. The lowest BCUT2D eigenvalue weighted by molar-refractivity contribution is 0.0994. The van der Waals surface area contributed by atoms with Crippen molar-refractivity contribution in [1.29, 1.82) is 5.26 Å². The van der Waals surface area contributed by atoms with Gasteiger partial charge in [0.25, 0.3) is 0 Å². The molecule has 1 unspecified atom stereocenters. The maximum Gasteiger partial charge on any atom is 0.0992 e. The fraction of sp³-hybridized carbons (Fsp3) is 0.533. The molecule has 0 bridgehead atoms. The van der Waals surface area contributed by atoms with Crippen LogP contribution >= 0.6 is 11.6 Å². The van der Waals surface area contributed by atoms with Crippen LogP contribution in [-0.4, -0.2) is 42.0 Å². The van der Waals surface area contributed by atoms with Crippen LogP contribution in [0.2, 0.25) is 5.02 Å². The van der Waals surface area contributed by atoms with Crippen LogP contribution in [-0.2, 0) is 6.54 Å². The average molecular weight is 276 g/mol. The number of fused-ring (bicyclic) bond motifs is 1. The number of nitrogens with zero attached hydrogens (tertiary/aromatic N) is 3. The standard InChI is InChI=1S/C15H18ClN3/c16-15-8-12(9-17)3-4-13(15)10-18-6-7-19-5-1-2-14(19)11-18/h3-4,8,14H,1-2,5-7,10-11H2. The summed E-state index contributed by atoms with van der Waals surface area (Å²) in [6, 6.07) is 8.47. The molecule has 0 aromatic heterocycles. The summed E-state index contributed by atoms with van der Waals surface area (Å²) in [6.45, 7) is 5.62. The summed E-state index contributed by atoms with van der Waals surface area (Å²) in [6.07, 6.45) is 2.67. The van der Waals surface area contributed by atoms with Crippen LogP contribution < -0.4 is 0 Å². The Morgan fingerprint density at radius 3 is 3.00 bits per heavy atom. The number of nitriles is 1. The van der Waals surface area contributed by atoms with Crippen molar-refractivity contribution in [3.63, 3.8) is 0 Å². The Morgan fingerprint density at radius 2 is 2.21 bits per heavy atom. The van der Waals surface area contributed by atoms with Crippen LogP contribution in [0.15, 0.2) is 18.2 Å². The molecule has 1 atom stereocenters. The first-order chi connectivity index (χ1) is 9.26. The minimum absolute atomic E-state index is 0.634. The molecular weight excluding hydrogens is 258 g/mol. The van der Waals surface area contributed by atoms with Gasteiger partial charge in [-0.25, -0.2) is 0 Å². The van der Waals surface area contributed by atoms with Crippen LogP contribution in [0, 0.1) is 11.3 Å². The van der Waals surface area contributed by atoms with Gasteiger partial charge in [-0.2, -0.15) is 5.26 Å². The summed E-state index contributed by atoms with van der Waals surface area (Å²) < 4.78 is 0. The van der Waals surface area contributed by atoms with Gasteiger partial charge in [0.15, 0.2) is 0 Å². The van der Waals surface area contributed by atoms with Crippen molar-refractivity contribution < 1.29 is 0 Å². The lowest BCUT2D eigenvalue weighted by atomic mass is 10.1. The number of piperazine rings is 1. The van der Waals surface area contributed by atoms with Crippen molar-refractivity contribution in [2.75, 3.05) is 26.2 Å². The topological polar surface area (TPSA) is 30.3 Å². The largest absolute Gasteiger partial charge is 0.298 e. The normalized spacial score (nSPS) is 24.1. The first-order valence-corrected chi connectivity index (χ1v) is 7.29. The van der Waals surface area contributed by atoms with Crippen LogP contribution in [0.25, 0.3) is 0 Å². The molecule has 0 aliphatic carbocycles. The van der Waals surface area contributed by atoms with Crippen molar-refractivity contribution >= 4 is 11.6 Å². The molecule has 0 saturated carbocycles. The molecule has 19 heavy (non-hydrogen) atoms. The second kappa shape index (κ2) is 5.50. The molecule has 1 aromatic carbocycles. The molecular formula is C15H18ClN3. The Balaban J connectivity index is 1.67. The number of rotatable bonds is 2. The van der Waals surface area contributed by atoms with Crippen LogP contribution in [0.5, 0.6) is 0 Å². The molecule has 2 aliphatic heterocycles. The predicted octanol–water partition coefficient (Wildman–Crippen LogP) is 2.49. The first-order valence-electron chi connectivity index (χ1n) is 6.91. The molecule has 3 rings (SSSR count). The van der Waals surface area contributed by atoms with E-state index in [4.69, 9.17) is 16.9 Å². The summed E-state index contributed by atoms with van der Waals surface area (Å²) >= 11 is 6.25. The summed E-state index contributed by atoms with van der Waals surface area (Å²) in [4.78, 5) is 5.09. The Labute approximate surface area is 119 Å². The second-order valence-corrected chi connectivity index (χ2v) is 5.89. The van der Waals surface area contributed by atoms with E-state index in [0.717, 1.165) is 31.2 Å². The number of hydrogen-bond acceptors (Lipinski definition) is 3. The molecule has 3 nitrogen and oxygen atoms in total. The van der Waals surface area contributed by atoms with Crippen LogP contribution in [0.3, 0.4) is 0 Å². The molecule has 0 N–H and O–H groups in total. The molecule has 0 amide bonds. The fourth-order valence-corrected chi connectivity index (χ4v) is 3.43. The van der Waals surface area contributed by atoms with Gasteiger partial charge in [0.1, 0.15) is 0 Å². The van der Waals surface area contributed by atoms with Gasteiger partial charge in [-0.05, 0) is 37.1 Å². The highest BCUT2D eigenvalue weighted by atomic mass is 35.5. The monoisotopic (exact) mass is 275 g/mol. The van der Waals surface area contributed by atoms with Gasteiger partial charge in [0.05, 0.1) is 11.6 Å². The Bertz CT molecular complexity index is 509. The van der Waals surface area contributed by atoms with E-state index < -0.39 is 0 Å². The molecule has 2 fully saturated rings. The summed E-state index contributed by atoms with van der Waals surface area (Å²) in [5.41, 5.74) is 1.77. The van der Waals surface area contributed by atoms with Crippen molar-refractivity contribution in [3.8, 4) is 6.07 Å². The van der Waals surface area contributed by atoms with Gasteiger partial charge in [-0.15, -0.1) is 0 Å². The van der Waals surface area contributed by atoms with E-state index >= 15 is 0 Å². The highest BCUT2D eigenvalue weighted by Crippen LogP contribution is 2.24. The lowest BCUT2D eigenvalue weighted by Gasteiger charge is -2.37. The minimum Gasteiger partial charge on any atom is -0.298 e. The molecule has 2 aliphatic rings. The van der Waals surface area contributed by atoms with Crippen molar-refractivity contribution in [2.24, 2.45) is 0 Å². The zero-order valence-electron chi connectivity index (χ0n) is 11.0. The molecule has 0 radical (unpaired) electrons. The average Bonchev–Trinajstić information content (AvgIpc) is 2.88. The third kappa shape index (κ3) is 2.76.